The van der Waals surface area contributed by atoms with Crippen molar-refractivity contribution in [2.75, 3.05) is 5.73 Å². The summed E-state index contributed by atoms with van der Waals surface area (Å²) in [7, 11) is 0. The van der Waals surface area contributed by atoms with Crippen molar-refractivity contribution in [2.45, 2.75) is 12.3 Å². The van der Waals surface area contributed by atoms with Crippen molar-refractivity contribution < 1.29 is 35.5 Å². The molecule has 1 aromatic rings. The van der Waals surface area contributed by atoms with Crippen LogP contribution in [0.3, 0.4) is 0 Å². The molecule has 21 heavy (non-hydrogen) atoms. The number of nitrogens with two attached hydrogens (primary N) is 1. The molecular formula is C10H4Cl2F7NO. The Morgan fingerprint density at radius 1 is 0.952 bits per heavy atom. The van der Waals surface area contributed by atoms with Crippen LogP contribution in [0.1, 0.15) is 0 Å². The molecular weight excluding hydrogens is 354 g/mol. The Hall–Kier alpha value is -1.35. The van der Waals surface area contributed by atoms with E-state index in [9.17, 15) is 30.7 Å². The topological polar surface area (TPSA) is 35.2 Å². The van der Waals surface area contributed by atoms with Crippen molar-refractivity contribution in [3.8, 4) is 5.75 Å². The normalized spacial score (nSPS) is 14.0. The molecule has 0 aliphatic heterocycles. The molecule has 0 heterocycles. The molecule has 1 aromatic carbocycles. The highest BCUT2D eigenvalue weighted by Gasteiger charge is 2.49. The fraction of sp³-hybridized carbons (Fsp3) is 0.200. The molecule has 0 spiro atoms. The van der Waals surface area contributed by atoms with E-state index in [0.717, 1.165) is 12.1 Å². The van der Waals surface area contributed by atoms with Crippen LogP contribution in [0.5, 0.6) is 5.75 Å². The van der Waals surface area contributed by atoms with Gasteiger partial charge in [0.25, 0.3) is 5.83 Å². The van der Waals surface area contributed by atoms with Crippen LogP contribution in [0.15, 0.2) is 23.8 Å². The zero-order valence-electron chi connectivity index (χ0n) is 9.54. The lowest BCUT2D eigenvalue weighted by Gasteiger charge is -2.19. The van der Waals surface area contributed by atoms with Gasteiger partial charge in [0.1, 0.15) is 0 Å². The molecule has 0 radical (unpaired) electrons. The lowest BCUT2D eigenvalue weighted by atomic mass is 10.3. The maximum atomic E-state index is 13.2. The molecule has 0 atom stereocenters. The lowest BCUT2D eigenvalue weighted by Crippen LogP contribution is -2.29. The van der Waals surface area contributed by atoms with Gasteiger partial charge >= 0.3 is 12.3 Å². The predicted molar refractivity (Wildman–Crippen MR) is 61.7 cm³/mol. The quantitative estimate of drug-likeness (QED) is 0.591. The standard InChI is InChI=1S/C10H4Cl2F7NO/c11-4-1-3(20)2-5(12)6(4)21-10(18,19)8(14)7(13)9(15,16)17/h1-2H,20H2/b8-7+. The van der Waals surface area contributed by atoms with Crippen LogP contribution in [0.25, 0.3) is 0 Å². The highest BCUT2D eigenvalue weighted by molar-refractivity contribution is 6.37. The summed E-state index contributed by atoms with van der Waals surface area (Å²) in [6.45, 7) is 0. The minimum Gasteiger partial charge on any atom is -0.424 e. The fourth-order valence-corrected chi connectivity index (χ4v) is 1.68. The van der Waals surface area contributed by atoms with Crippen LogP contribution < -0.4 is 10.5 Å². The Balaban J connectivity index is 3.23. The fourth-order valence-electron chi connectivity index (χ4n) is 1.10. The zero-order chi connectivity index (χ0) is 16.6. The third-order valence-electron chi connectivity index (χ3n) is 1.95. The van der Waals surface area contributed by atoms with Crippen molar-refractivity contribution >= 4 is 28.9 Å². The van der Waals surface area contributed by atoms with Gasteiger partial charge in [0.05, 0.1) is 10.0 Å². The van der Waals surface area contributed by atoms with Crippen molar-refractivity contribution in [1.82, 2.24) is 0 Å². The summed E-state index contributed by atoms with van der Waals surface area (Å²) in [6, 6.07) is 1.75. The molecule has 2 N–H and O–H groups in total. The Morgan fingerprint density at radius 2 is 1.38 bits per heavy atom. The summed E-state index contributed by atoms with van der Waals surface area (Å²) < 4.78 is 91.0. The van der Waals surface area contributed by atoms with Gasteiger partial charge in [0.2, 0.25) is 5.83 Å². The number of alkyl halides is 5. The van der Waals surface area contributed by atoms with Crippen molar-refractivity contribution in [3.63, 3.8) is 0 Å². The number of benzene rings is 1. The Labute approximate surface area is 122 Å². The molecule has 0 aromatic heterocycles. The van der Waals surface area contributed by atoms with E-state index >= 15 is 0 Å². The molecule has 0 aliphatic rings. The van der Waals surface area contributed by atoms with E-state index in [4.69, 9.17) is 28.9 Å². The summed E-state index contributed by atoms with van der Waals surface area (Å²) in [5.74, 6) is -8.14. The number of rotatable bonds is 3. The average Bonchev–Trinajstić information content (AvgIpc) is 2.30. The number of halogens is 9. The SMILES string of the molecule is Nc1cc(Cl)c(OC(F)(F)/C(F)=C(\F)C(F)(F)F)c(Cl)c1. The highest BCUT2D eigenvalue weighted by Crippen LogP contribution is 2.42. The van der Waals surface area contributed by atoms with Crippen molar-refractivity contribution in [3.05, 3.63) is 33.8 Å². The molecule has 0 aliphatic carbocycles. The van der Waals surface area contributed by atoms with Gasteiger partial charge in [-0.25, -0.2) is 0 Å². The number of hydrogen-bond acceptors (Lipinski definition) is 2. The number of ether oxygens (including phenoxy) is 1. The Kier molecular flexibility index (Phi) is 4.89. The van der Waals surface area contributed by atoms with Crippen LogP contribution in [-0.2, 0) is 0 Å². The number of hydrogen-bond donors (Lipinski definition) is 1. The van der Waals surface area contributed by atoms with Gasteiger partial charge in [-0.05, 0) is 12.1 Å². The Bertz CT molecular complexity index is 562. The average molecular weight is 358 g/mol. The third kappa shape index (κ3) is 4.07. The van der Waals surface area contributed by atoms with Crippen LogP contribution in [0.4, 0.5) is 36.4 Å². The Morgan fingerprint density at radius 3 is 1.76 bits per heavy atom. The molecule has 0 saturated heterocycles. The first kappa shape index (κ1) is 17.7. The number of anilines is 1. The molecule has 0 amide bonds. The van der Waals surface area contributed by atoms with E-state index in [1.807, 2.05) is 0 Å². The van der Waals surface area contributed by atoms with Gasteiger partial charge in [-0.3, -0.25) is 0 Å². The van der Waals surface area contributed by atoms with Gasteiger partial charge in [0, 0.05) is 5.69 Å². The molecule has 1 rings (SSSR count). The monoisotopic (exact) mass is 357 g/mol. The van der Waals surface area contributed by atoms with Gasteiger partial charge < -0.3 is 10.5 Å². The lowest BCUT2D eigenvalue weighted by molar-refractivity contribution is -0.169. The minimum atomic E-state index is -5.94. The van der Waals surface area contributed by atoms with Crippen LogP contribution >= 0.6 is 23.2 Å². The number of allylic oxidation sites excluding steroid dienone is 1. The summed E-state index contributed by atoms with van der Waals surface area (Å²) in [4.78, 5) is 0. The molecule has 11 heteroatoms. The van der Waals surface area contributed by atoms with E-state index in [-0.39, 0.29) is 5.69 Å². The first-order valence-electron chi connectivity index (χ1n) is 4.80. The molecule has 0 unspecified atom stereocenters. The first-order valence-corrected chi connectivity index (χ1v) is 5.56. The van der Waals surface area contributed by atoms with E-state index in [1.165, 1.54) is 0 Å². The van der Waals surface area contributed by atoms with Crippen molar-refractivity contribution in [2.24, 2.45) is 0 Å². The van der Waals surface area contributed by atoms with E-state index in [0.29, 0.717) is 0 Å². The van der Waals surface area contributed by atoms with Gasteiger partial charge in [-0.2, -0.15) is 30.7 Å². The maximum absolute atomic E-state index is 13.2. The molecule has 0 fully saturated rings. The van der Waals surface area contributed by atoms with Crippen molar-refractivity contribution in [1.29, 1.82) is 0 Å². The summed E-state index contributed by atoms with van der Waals surface area (Å²) in [5.41, 5.74) is 5.18. The third-order valence-corrected chi connectivity index (χ3v) is 2.51. The van der Waals surface area contributed by atoms with E-state index in [2.05, 4.69) is 4.74 Å². The van der Waals surface area contributed by atoms with Crippen LogP contribution in [0, 0.1) is 0 Å². The second kappa shape index (κ2) is 5.80. The number of nitrogen functional groups attached to an aromatic ring is 1. The highest BCUT2D eigenvalue weighted by atomic mass is 35.5. The predicted octanol–water partition coefficient (Wildman–Crippen LogP) is 5.26. The van der Waals surface area contributed by atoms with E-state index < -0.39 is 39.7 Å². The van der Waals surface area contributed by atoms with Crippen LogP contribution in [0.2, 0.25) is 10.0 Å². The summed E-state index contributed by atoms with van der Waals surface area (Å²) in [6.07, 6.45) is -11.2. The maximum Gasteiger partial charge on any atom is 0.457 e. The second-order valence-corrected chi connectivity index (χ2v) is 4.37. The molecule has 0 saturated carbocycles. The van der Waals surface area contributed by atoms with E-state index in [1.54, 1.807) is 0 Å². The second-order valence-electron chi connectivity index (χ2n) is 3.56. The largest absolute Gasteiger partial charge is 0.457 e. The van der Waals surface area contributed by atoms with Crippen LogP contribution in [-0.4, -0.2) is 12.3 Å². The zero-order valence-corrected chi connectivity index (χ0v) is 11.1. The first-order chi connectivity index (χ1) is 9.36. The minimum absolute atomic E-state index is 0.0712. The summed E-state index contributed by atoms with van der Waals surface area (Å²) in [5, 5.41) is -1.25. The van der Waals surface area contributed by atoms with Gasteiger partial charge in [-0.15, -0.1) is 0 Å². The molecule has 2 nitrogen and oxygen atoms in total. The smallest absolute Gasteiger partial charge is 0.424 e. The van der Waals surface area contributed by atoms with Gasteiger partial charge in [-0.1, -0.05) is 23.2 Å². The molecule has 0 bridgehead atoms. The van der Waals surface area contributed by atoms with Gasteiger partial charge in [0.15, 0.2) is 5.75 Å². The molecule has 118 valence electrons. The summed E-state index contributed by atoms with van der Waals surface area (Å²) >= 11 is 10.9.